The van der Waals surface area contributed by atoms with E-state index in [1.165, 1.54) is 6.92 Å². The van der Waals surface area contributed by atoms with Gasteiger partial charge < -0.3 is 19.9 Å². The average molecular weight is 470 g/mol. The van der Waals surface area contributed by atoms with E-state index in [9.17, 15) is 19.5 Å². The maximum atomic E-state index is 12.6. The monoisotopic (exact) mass is 469 g/mol. The van der Waals surface area contributed by atoms with Crippen molar-refractivity contribution in [1.29, 1.82) is 0 Å². The van der Waals surface area contributed by atoms with Gasteiger partial charge in [0, 0.05) is 21.8 Å². The second kappa shape index (κ2) is 10.1. The number of aliphatic hydroxyl groups is 1. The number of ether oxygens (including phenoxy) is 2. The van der Waals surface area contributed by atoms with Gasteiger partial charge in [0.25, 0.3) is 0 Å². The fourth-order valence-corrected chi connectivity index (χ4v) is 3.79. The summed E-state index contributed by atoms with van der Waals surface area (Å²) in [6.07, 6.45) is -1.15. The molecule has 0 bridgehead atoms. The normalized spacial score (nSPS) is 21.2. The van der Waals surface area contributed by atoms with Crippen LogP contribution in [0, 0.1) is 23.2 Å². The number of carbonyl (C=O) groups is 3. The van der Waals surface area contributed by atoms with E-state index in [0.29, 0.717) is 9.89 Å². The lowest BCUT2D eigenvalue weighted by atomic mass is 9.71. The molecule has 170 valence electrons. The molecule has 0 aromatic heterocycles. The van der Waals surface area contributed by atoms with Gasteiger partial charge in [-0.2, -0.15) is 0 Å². The fourth-order valence-electron chi connectivity index (χ4n) is 3.38. The molecular weight excluding hydrogens is 442 g/mol. The highest BCUT2D eigenvalue weighted by molar-refractivity contribution is 7.80. The molecule has 1 aliphatic heterocycles. The van der Waals surface area contributed by atoms with E-state index in [1.807, 2.05) is 6.92 Å². The van der Waals surface area contributed by atoms with Gasteiger partial charge in [-0.1, -0.05) is 42.9 Å². The maximum Gasteiger partial charge on any atom is 0.315 e. The van der Waals surface area contributed by atoms with Crippen LogP contribution in [0.2, 0.25) is 5.02 Å². The van der Waals surface area contributed by atoms with Crippen LogP contribution in [0.5, 0.6) is 0 Å². The fraction of sp³-hybridized carbons (Fsp3) is 0.545. The predicted octanol–water partition coefficient (Wildman–Crippen LogP) is 2.90. The predicted molar refractivity (Wildman–Crippen MR) is 119 cm³/mol. The number of thiocarbonyl (C=S) groups is 1. The molecule has 1 saturated heterocycles. The number of carbonyl (C=O) groups excluding carboxylic acids is 3. The van der Waals surface area contributed by atoms with Crippen LogP contribution in [-0.4, -0.2) is 46.8 Å². The van der Waals surface area contributed by atoms with E-state index in [4.69, 9.17) is 33.3 Å². The van der Waals surface area contributed by atoms with Crippen molar-refractivity contribution in [3.8, 4) is 0 Å². The highest BCUT2D eigenvalue weighted by atomic mass is 35.5. The lowest BCUT2D eigenvalue weighted by Gasteiger charge is -2.44. The summed E-state index contributed by atoms with van der Waals surface area (Å²) in [6, 6.07) is 6.57. The largest absolute Gasteiger partial charge is 0.428 e. The smallest absolute Gasteiger partial charge is 0.315 e. The summed E-state index contributed by atoms with van der Waals surface area (Å²) < 4.78 is 10.0. The van der Waals surface area contributed by atoms with Crippen molar-refractivity contribution in [1.82, 2.24) is 5.32 Å². The molecule has 0 radical (unpaired) electrons. The Morgan fingerprint density at radius 2 is 1.77 bits per heavy atom. The number of nitrogens with one attached hydrogen (secondary N) is 1. The molecule has 5 atom stereocenters. The molecule has 0 saturated carbocycles. The Morgan fingerprint density at radius 1 is 1.19 bits per heavy atom. The summed E-state index contributed by atoms with van der Waals surface area (Å²) in [5, 5.41) is 13.6. The molecule has 2 N–H and O–H groups in total. The number of aliphatic hydroxyl groups excluding tert-OH is 1. The highest BCUT2D eigenvalue weighted by Gasteiger charge is 2.52. The molecule has 0 aliphatic carbocycles. The van der Waals surface area contributed by atoms with E-state index >= 15 is 0 Å². The third kappa shape index (κ3) is 6.02. The molecule has 0 spiro atoms. The molecule has 1 heterocycles. The summed E-state index contributed by atoms with van der Waals surface area (Å²) in [4.78, 5) is 37.4. The van der Waals surface area contributed by atoms with Crippen LogP contribution >= 0.6 is 23.8 Å². The standard InChI is InChI=1S/C22H28ClNO6S/c1-11(18(31)13-6-8-14(23)9-7-13)17-16(19(26)24-17)15(12(2)25)20(27)29-10-30-21(28)22(3,4)5/h6-9,11-12,15-17,25H,10H2,1-5H3,(H,24,26)/t11-,12-,15?,16+,17-/m1/s1. The maximum absolute atomic E-state index is 12.6. The number of rotatable bonds is 8. The van der Waals surface area contributed by atoms with E-state index < -0.39 is 48.1 Å². The second-order valence-electron chi connectivity index (χ2n) is 8.75. The van der Waals surface area contributed by atoms with Gasteiger partial charge in [0.15, 0.2) is 0 Å². The zero-order chi connectivity index (χ0) is 23.5. The molecule has 1 unspecified atom stereocenters. The molecule has 1 fully saturated rings. The number of hydrogen-bond donors (Lipinski definition) is 2. The van der Waals surface area contributed by atoms with E-state index in [2.05, 4.69) is 5.32 Å². The third-order valence-electron chi connectivity index (χ3n) is 5.26. The summed E-state index contributed by atoms with van der Waals surface area (Å²) in [5.74, 6) is -3.95. The number of β-lactam (4-membered cyclic amide) rings is 1. The Morgan fingerprint density at radius 3 is 2.26 bits per heavy atom. The zero-order valence-corrected chi connectivity index (χ0v) is 19.8. The minimum atomic E-state index is -1.15. The van der Waals surface area contributed by atoms with Crippen LogP contribution in [0.1, 0.15) is 40.2 Å². The quantitative estimate of drug-likeness (QED) is 0.198. The second-order valence-corrected chi connectivity index (χ2v) is 9.63. The van der Waals surface area contributed by atoms with Crippen molar-refractivity contribution in [2.45, 2.75) is 46.8 Å². The molecule has 1 amide bonds. The van der Waals surface area contributed by atoms with Gasteiger partial charge in [-0.15, -0.1) is 0 Å². The van der Waals surface area contributed by atoms with Gasteiger partial charge in [0.2, 0.25) is 12.7 Å². The number of amides is 1. The minimum Gasteiger partial charge on any atom is -0.428 e. The first-order valence-corrected chi connectivity index (χ1v) is 10.7. The number of esters is 2. The van der Waals surface area contributed by atoms with Gasteiger partial charge >= 0.3 is 11.9 Å². The summed E-state index contributed by atoms with van der Waals surface area (Å²) in [5.41, 5.74) is 0.0408. The summed E-state index contributed by atoms with van der Waals surface area (Å²) in [6.45, 7) is 7.69. The van der Waals surface area contributed by atoms with Crippen molar-refractivity contribution >= 4 is 46.5 Å². The molecule has 2 rings (SSSR count). The molecule has 1 aromatic carbocycles. The Balaban J connectivity index is 2.09. The van der Waals surface area contributed by atoms with Crippen molar-refractivity contribution in [2.24, 2.45) is 23.2 Å². The molecule has 31 heavy (non-hydrogen) atoms. The van der Waals surface area contributed by atoms with Gasteiger partial charge in [0.05, 0.1) is 23.4 Å². The van der Waals surface area contributed by atoms with Crippen LogP contribution in [0.3, 0.4) is 0 Å². The first-order chi connectivity index (χ1) is 14.3. The first-order valence-electron chi connectivity index (χ1n) is 9.96. The summed E-state index contributed by atoms with van der Waals surface area (Å²) >= 11 is 11.5. The van der Waals surface area contributed by atoms with Crippen LogP contribution in [-0.2, 0) is 23.9 Å². The molecule has 1 aromatic rings. The first kappa shape index (κ1) is 25.2. The van der Waals surface area contributed by atoms with Crippen molar-refractivity contribution in [3.63, 3.8) is 0 Å². The van der Waals surface area contributed by atoms with Gasteiger partial charge in [-0.3, -0.25) is 14.4 Å². The van der Waals surface area contributed by atoms with Crippen LogP contribution < -0.4 is 5.32 Å². The Kier molecular flexibility index (Phi) is 8.19. The molecule has 7 nitrogen and oxygen atoms in total. The van der Waals surface area contributed by atoms with Crippen LogP contribution in [0.4, 0.5) is 0 Å². The topological polar surface area (TPSA) is 102 Å². The lowest BCUT2D eigenvalue weighted by molar-refractivity contribution is -0.182. The van der Waals surface area contributed by atoms with Crippen molar-refractivity contribution < 1.29 is 29.0 Å². The van der Waals surface area contributed by atoms with Crippen molar-refractivity contribution in [3.05, 3.63) is 34.9 Å². The van der Waals surface area contributed by atoms with E-state index in [-0.39, 0.29) is 11.8 Å². The zero-order valence-electron chi connectivity index (χ0n) is 18.2. The number of hydrogen-bond acceptors (Lipinski definition) is 7. The lowest BCUT2D eigenvalue weighted by Crippen LogP contribution is -2.66. The van der Waals surface area contributed by atoms with Crippen LogP contribution in [0.25, 0.3) is 0 Å². The number of benzene rings is 1. The minimum absolute atomic E-state index is 0.286. The Hall–Kier alpha value is -2.03. The van der Waals surface area contributed by atoms with Crippen molar-refractivity contribution in [2.75, 3.05) is 6.79 Å². The van der Waals surface area contributed by atoms with Gasteiger partial charge in [-0.05, 0) is 45.4 Å². The highest BCUT2D eigenvalue weighted by Crippen LogP contribution is 2.34. The van der Waals surface area contributed by atoms with Gasteiger partial charge in [-0.25, -0.2) is 0 Å². The van der Waals surface area contributed by atoms with E-state index in [1.54, 1.807) is 45.0 Å². The molecule has 1 aliphatic rings. The van der Waals surface area contributed by atoms with Gasteiger partial charge in [0.1, 0.15) is 0 Å². The Labute approximate surface area is 192 Å². The Bertz CT molecular complexity index is 849. The SMILES string of the molecule is C[C@@H](O)C(C(=O)OCOC(=O)C(C)(C)C)[C@@H]1C(=O)N[C@@H]1[C@@H](C)C(=S)c1ccc(Cl)cc1. The number of halogens is 1. The van der Waals surface area contributed by atoms with Crippen LogP contribution in [0.15, 0.2) is 24.3 Å². The van der Waals surface area contributed by atoms with E-state index in [0.717, 1.165) is 5.56 Å². The third-order valence-corrected chi connectivity index (χ3v) is 6.12. The molecule has 9 heteroatoms. The average Bonchev–Trinajstić information content (AvgIpc) is 2.68. The summed E-state index contributed by atoms with van der Waals surface area (Å²) in [7, 11) is 0. The molecular formula is C22H28ClNO6S.